The molecule has 8 nitrogen and oxygen atoms in total. The van der Waals surface area contributed by atoms with Gasteiger partial charge in [0.05, 0.1) is 31.2 Å². The van der Waals surface area contributed by atoms with Gasteiger partial charge in [0.15, 0.2) is 0 Å². The Bertz CT molecular complexity index is 1570. The third-order valence-corrected chi connectivity index (χ3v) is 7.39. The molecular weight excluding hydrogens is 549 g/mol. The van der Waals surface area contributed by atoms with Crippen LogP contribution >= 0.6 is 0 Å². The van der Waals surface area contributed by atoms with Crippen molar-refractivity contribution >= 4 is 23.2 Å². The molecule has 2 N–H and O–H groups in total. The molecule has 1 fully saturated rings. The second-order valence-electron chi connectivity index (χ2n) is 10.2. The lowest BCUT2D eigenvalue weighted by Crippen LogP contribution is -2.38. The molecular formula is C34H34FN3O5. The van der Waals surface area contributed by atoms with E-state index in [0.29, 0.717) is 51.9 Å². The Hall–Kier alpha value is -4.89. The number of anilines is 2. The molecule has 1 aliphatic heterocycles. The summed E-state index contributed by atoms with van der Waals surface area (Å²) in [4.78, 5) is 28.6. The normalized spacial score (nSPS) is 13.7. The van der Waals surface area contributed by atoms with Gasteiger partial charge in [0.25, 0.3) is 11.8 Å². The maximum Gasteiger partial charge on any atom is 0.259 e. The zero-order valence-corrected chi connectivity index (χ0v) is 24.1. The van der Waals surface area contributed by atoms with Crippen molar-refractivity contribution in [1.29, 1.82) is 0 Å². The molecule has 222 valence electrons. The molecule has 0 aromatic heterocycles. The lowest BCUT2D eigenvalue weighted by atomic mass is 10.1. The van der Waals surface area contributed by atoms with E-state index in [1.54, 1.807) is 87.0 Å². The molecule has 0 radical (unpaired) electrons. The number of nitrogens with zero attached hydrogens (tertiary/aromatic N) is 1. The molecule has 1 heterocycles. The number of carbonyl (C=O) groups is 2. The number of rotatable bonds is 10. The zero-order valence-electron chi connectivity index (χ0n) is 24.1. The van der Waals surface area contributed by atoms with E-state index in [0.717, 1.165) is 25.9 Å². The van der Waals surface area contributed by atoms with Crippen molar-refractivity contribution in [3.63, 3.8) is 0 Å². The molecule has 0 unspecified atom stereocenters. The van der Waals surface area contributed by atoms with Crippen LogP contribution in [-0.4, -0.2) is 50.1 Å². The van der Waals surface area contributed by atoms with Crippen LogP contribution in [0.4, 0.5) is 15.8 Å². The van der Waals surface area contributed by atoms with E-state index in [9.17, 15) is 14.0 Å². The Morgan fingerprint density at radius 3 is 2.05 bits per heavy atom. The summed E-state index contributed by atoms with van der Waals surface area (Å²) in [6.45, 7) is 2.03. The van der Waals surface area contributed by atoms with Crippen molar-refractivity contribution in [2.45, 2.75) is 25.5 Å². The van der Waals surface area contributed by atoms with Crippen LogP contribution in [0.1, 0.15) is 39.1 Å². The molecule has 0 aliphatic carbocycles. The maximum atomic E-state index is 14.1. The van der Waals surface area contributed by atoms with E-state index in [4.69, 9.17) is 14.2 Å². The molecule has 4 aromatic rings. The van der Waals surface area contributed by atoms with Gasteiger partial charge in [-0.25, -0.2) is 4.39 Å². The SMILES string of the molecule is COc1ccc(C(=O)Nc2ccccc2NC(=O)c2ccc(OC)cc2OC2CCN(Cc3ccccc3F)CC2)cc1. The Kier molecular flexibility index (Phi) is 9.53. The highest BCUT2D eigenvalue weighted by molar-refractivity contribution is 6.10. The number of piperidine rings is 1. The number of halogens is 1. The number of amides is 2. The van der Waals surface area contributed by atoms with E-state index in [2.05, 4.69) is 15.5 Å². The summed E-state index contributed by atoms with van der Waals surface area (Å²) in [5.41, 5.74) is 2.36. The molecule has 0 bridgehead atoms. The summed E-state index contributed by atoms with van der Waals surface area (Å²) >= 11 is 0. The van der Waals surface area contributed by atoms with E-state index in [1.807, 2.05) is 12.1 Å². The third-order valence-electron chi connectivity index (χ3n) is 7.39. The number of methoxy groups -OCH3 is 2. The summed E-state index contributed by atoms with van der Waals surface area (Å²) in [5.74, 6) is 0.712. The minimum absolute atomic E-state index is 0.119. The largest absolute Gasteiger partial charge is 0.497 e. The molecule has 1 saturated heterocycles. The van der Waals surface area contributed by atoms with Crippen LogP contribution in [-0.2, 0) is 6.54 Å². The van der Waals surface area contributed by atoms with Crippen molar-refractivity contribution in [2.75, 3.05) is 37.9 Å². The minimum atomic E-state index is -0.388. The molecule has 1 aliphatic rings. The van der Waals surface area contributed by atoms with Crippen LogP contribution < -0.4 is 24.8 Å². The summed E-state index contributed by atoms with van der Waals surface area (Å²) in [7, 11) is 3.12. The highest BCUT2D eigenvalue weighted by Gasteiger charge is 2.24. The zero-order chi connectivity index (χ0) is 30.2. The number of carbonyl (C=O) groups excluding carboxylic acids is 2. The smallest absolute Gasteiger partial charge is 0.259 e. The number of hydrogen-bond acceptors (Lipinski definition) is 6. The number of ether oxygens (including phenoxy) is 3. The average Bonchev–Trinajstić information content (AvgIpc) is 3.04. The quantitative estimate of drug-likeness (QED) is 0.225. The van der Waals surface area contributed by atoms with Crippen molar-refractivity contribution in [1.82, 2.24) is 4.90 Å². The number of hydrogen-bond donors (Lipinski definition) is 2. The first-order chi connectivity index (χ1) is 20.9. The third kappa shape index (κ3) is 7.50. The van der Waals surface area contributed by atoms with Gasteiger partial charge in [0.1, 0.15) is 29.2 Å². The highest BCUT2D eigenvalue weighted by Crippen LogP contribution is 2.30. The van der Waals surface area contributed by atoms with Gasteiger partial charge in [-0.05, 0) is 67.4 Å². The van der Waals surface area contributed by atoms with E-state index in [-0.39, 0.29) is 23.7 Å². The Labute approximate surface area is 250 Å². The van der Waals surface area contributed by atoms with Crippen LogP contribution in [0.15, 0.2) is 91.0 Å². The highest BCUT2D eigenvalue weighted by atomic mass is 19.1. The van der Waals surface area contributed by atoms with Gasteiger partial charge in [-0.3, -0.25) is 14.5 Å². The lowest BCUT2D eigenvalue weighted by molar-refractivity contribution is 0.0918. The Balaban J connectivity index is 1.26. The molecule has 0 saturated carbocycles. The molecule has 0 atom stereocenters. The molecule has 2 amide bonds. The maximum absolute atomic E-state index is 14.1. The molecule has 4 aromatic carbocycles. The van der Waals surface area contributed by atoms with Crippen molar-refractivity contribution < 1.29 is 28.2 Å². The monoisotopic (exact) mass is 583 g/mol. The van der Waals surface area contributed by atoms with Crippen molar-refractivity contribution in [3.05, 3.63) is 114 Å². The summed E-state index contributed by atoms with van der Waals surface area (Å²) in [6.07, 6.45) is 1.34. The van der Waals surface area contributed by atoms with Gasteiger partial charge in [-0.2, -0.15) is 0 Å². The fraction of sp³-hybridized carbons (Fsp3) is 0.235. The Morgan fingerprint density at radius 1 is 0.791 bits per heavy atom. The molecule has 5 rings (SSSR count). The summed E-state index contributed by atoms with van der Waals surface area (Å²) in [6, 6.07) is 25.6. The lowest BCUT2D eigenvalue weighted by Gasteiger charge is -2.32. The average molecular weight is 584 g/mol. The predicted octanol–water partition coefficient (Wildman–Crippen LogP) is 6.39. The fourth-order valence-corrected chi connectivity index (χ4v) is 4.97. The topological polar surface area (TPSA) is 89.1 Å². The van der Waals surface area contributed by atoms with Crippen molar-refractivity contribution in [2.24, 2.45) is 0 Å². The van der Waals surface area contributed by atoms with Crippen LogP contribution in [0.3, 0.4) is 0 Å². The van der Waals surface area contributed by atoms with Gasteiger partial charge >= 0.3 is 0 Å². The van der Waals surface area contributed by atoms with Gasteiger partial charge < -0.3 is 24.8 Å². The fourth-order valence-electron chi connectivity index (χ4n) is 4.97. The second-order valence-corrected chi connectivity index (χ2v) is 10.2. The first-order valence-electron chi connectivity index (χ1n) is 14.1. The van der Waals surface area contributed by atoms with Crippen molar-refractivity contribution in [3.8, 4) is 17.2 Å². The number of nitrogens with one attached hydrogen (secondary N) is 2. The standard InChI is InChI=1S/C34H34FN3O5/c1-41-25-13-11-23(12-14-25)33(39)36-30-9-5-6-10-31(30)37-34(40)28-16-15-27(42-2)21-32(28)43-26-17-19-38(20-18-26)22-24-7-3-4-8-29(24)35/h3-16,21,26H,17-20,22H2,1-2H3,(H,36,39)(H,37,40). The first kappa shape index (κ1) is 29.6. The van der Waals surface area contributed by atoms with E-state index < -0.39 is 0 Å². The predicted molar refractivity (Wildman–Crippen MR) is 164 cm³/mol. The Morgan fingerprint density at radius 2 is 1.40 bits per heavy atom. The molecule has 9 heteroatoms. The number of benzene rings is 4. The first-order valence-corrected chi connectivity index (χ1v) is 14.1. The summed E-state index contributed by atoms with van der Waals surface area (Å²) < 4.78 is 31.0. The van der Waals surface area contributed by atoms with Crippen LogP contribution in [0.25, 0.3) is 0 Å². The van der Waals surface area contributed by atoms with E-state index in [1.165, 1.54) is 6.07 Å². The second kappa shape index (κ2) is 13.8. The molecule has 0 spiro atoms. The van der Waals surface area contributed by atoms with Gasteiger partial charge in [0, 0.05) is 36.8 Å². The summed E-state index contributed by atoms with van der Waals surface area (Å²) in [5, 5.41) is 5.79. The number of likely N-dealkylation sites (tertiary alicyclic amines) is 1. The van der Waals surface area contributed by atoms with Crippen LogP contribution in [0.2, 0.25) is 0 Å². The van der Waals surface area contributed by atoms with Crippen LogP contribution in [0, 0.1) is 5.82 Å². The number of para-hydroxylation sites is 2. The van der Waals surface area contributed by atoms with E-state index >= 15 is 0 Å². The molecule has 43 heavy (non-hydrogen) atoms. The minimum Gasteiger partial charge on any atom is -0.497 e. The van der Waals surface area contributed by atoms with Gasteiger partial charge in [-0.15, -0.1) is 0 Å². The van der Waals surface area contributed by atoms with Gasteiger partial charge in [-0.1, -0.05) is 30.3 Å². The van der Waals surface area contributed by atoms with Crippen LogP contribution in [0.5, 0.6) is 17.2 Å². The van der Waals surface area contributed by atoms with Gasteiger partial charge in [0.2, 0.25) is 0 Å².